The van der Waals surface area contributed by atoms with Crippen LogP contribution in [0.25, 0.3) is 0 Å². The number of rotatable bonds is 8. The van der Waals surface area contributed by atoms with Crippen molar-refractivity contribution >= 4 is 6.09 Å². The molecule has 0 saturated heterocycles. The Morgan fingerprint density at radius 1 is 1.16 bits per heavy atom. The van der Waals surface area contributed by atoms with E-state index in [4.69, 9.17) is 4.74 Å². The van der Waals surface area contributed by atoms with E-state index < -0.39 is 0 Å². The molecular formula is C16H25NO2. The summed E-state index contributed by atoms with van der Waals surface area (Å²) in [5, 5.41) is 2.78. The van der Waals surface area contributed by atoms with Gasteiger partial charge in [0.25, 0.3) is 0 Å². The largest absolute Gasteiger partial charge is 0.445 e. The van der Waals surface area contributed by atoms with E-state index in [-0.39, 0.29) is 6.09 Å². The van der Waals surface area contributed by atoms with Gasteiger partial charge in [0.1, 0.15) is 6.61 Å². The van der Waals surface area contributed by atoms with Gasteiger partial charge in [0.2, 0.25) is 0 Å². The molecule has 106 valence electrons. The molecule has 3 nitrogen and oxygen atoms in total. The molecule has 0 bridgehead atoms. The lowest BCUT2D eigenvalue weighted by Crippen LogP contribution is -2.25. The number of ether oxygens (including phenoxy) is 1. The van der Waals surface area contributed by atoms with E-state index in [1.165, 1.54) is 12.8 Å². The van der Waals surface area contributed by atoms with Crippen LogP contribution in [0.3, 0.4) is 0 Å². The topological polar surface area (TPSA) is 38.3 Å². The summed E-state index contributed by atoms with van der Waals surface area (Å²) in [5.74, 6) is 0.767. The van der Waals surface area contributed by atoms with Crippen molar-refractivity contribution in [3.63, 3.8) is 0 Å². The molecule has 1 rings (SSSR count). The minimum atomic E-state index is -0.326. The summed E-state index contributed by atoms with van der Waals surface area (Å²) in [6.45, 7) is 5.50. The van der Waals surface area contributed by atoms with Gasteiger partial charge in [-0.3, -0.25) is 0 Å². The van der Waals surface area contributed by atoms with Gasteiger partial charge < -0.3 is 10.1 Å². The number of hydrogen-bond donors (Lipinski definition) is 1. The zero-order chi connectivity index (χ0) is 13.9. The Morgan fingerprint density at radius 3 is 2.58 bits per heavy atom. The number of carbonyl (C=O) groups excluding carboxylic acids is 1. The maximum absolute atomic E-state index is 11.4. The molecule has 0 saturated carbocycles. The molecule has 0 unspecified atom stereocenters. The van der Waals surface area contributed by atoms with Gasteiger partial charge in [-0.2, -0.15) is 0 Å². The average molecular weight is 263 g/mol. The molecular weight excluding hydrogens is 238 g/mol. The summed E-state index contributed by atoms with van der Waals surface area (Å²) >= 11 is 0. The van der Waals surface area contributed by atoms with Crippen LogP contribution in [0.1, 0.15) is 45.1 Å². The second-order valence-electron chi connectivity index (χ2n) is 5.23. The van der Waals surface area contributed by atoms with Crippen molar-refractivity contribution in [1.29, 1.82) is 0 Å². The van der Waals surface area contributed by atoms with Gasteiger partial charge in [0, 0.05) is 6.54 Å². The van der Waals surface area contributed by atoms with Gasteiger partial charge in [-0.15, -0.1) is 0 Å². The summed E-state index contributed by atoms with van der Waals surface area (Å²) in [6, 6.07) is 9.70. The Balaban J connectivity index is 1.99. The summed E-state index contributed by atoms with van der Waals surface area (Å²) in [7, 11) is 0. The van der Waals surface area contributed by atoms with Gasteiger partial charge >= 0.3 is 6.09 Å². The van der Waals surface area contributed by atoms with E-state index in [0.717, 1.165) is 24.3 Å². The lowest BCUT2D eigenvalue weighted by Gasteiger charge is -2.07. The number of hydrogen-bond acceptors (Lipinski definition) is 2. The summed E-state index contributed by atoms with van der Waals surface area (Å²) in [5.41, 5.74) is 1.01. The number of unbranched alkanes of at least 4 members (excludes halogenated alkanes) is 2. The third-order valence-corrected chi connectivity index (χ3v) is 2.94. The third-order valence-electron chi connectivity index (χ3n) is 2.94. The van der Waals surface area contributed by atoms with E-state index in [0.29, 0.717) is 13.2 Å². The number of alkyl carbamates (subject to hydrolysis) is 1. The summed E-state index contributed by atoms with van der Waals surface area (Å²) in [6.07, 6.45) is 4.36. The minimum Gasteiger partial charge on any atom is -0.445 e. The maximum Gasteiger partial charge on any atom is 0.407 e. The molecule has 0 aliphatic heterocycles. The SMILES string of the molecule is CC(C)CCCCCNC(=O)OCc1ccccc1. The van der Waals surface area contributed by atoms with Crippen molar-refractivity contribution in [1.82, 2.24) is 5.32 Å². The third kappa shape index (κ3) is 8.25. The van der Waals surface area contributed by atoms with E-state index in [1.807, 2.05) is 30.3 Å². The molecule has 1 N–H and O–H groups in total. The number of carbonyl (C=O) groups is 1. The van der Waals surface area contributed by atoms with E-state index in [1.54, 1.807) is 0 Å². The lowest BCUT2D eigenvalue weighted by atomic mass is 10.1. The van der Waals surface area contributed by atoms with E-state index in [2.05, 4.69) is 19.2 Å². The molecule has 19 heavy (non-hydrogen) atoms. The van der Waals surface area contributed by atoms with Crippen LogP contribution in [0.2, 0.25) is 0 Å². The van der Waals surface area contributed by atoms with Crippen molar-refractivity contribution in [2.75, 3.05) is 6.54 Å². The van der Waals surface area contributed by atoms with Crippen molar-refractivity contribution in [2.45, 2.75) is 46.1 Å². The van der Waals surface area contributed by atoms with Crippen molar-refractivity contribution in [3.8, 4) is 0 Å². The zero-order valence-corrected chi connectivity index (χ0v) is 12.0. The predicted molar refractivity (Wildman–Crippen MR) is 77.9 cm³/mol. The van der Waals surface area contributed by atoms with Crippen molar-refractivity contribution in [3.05, 3.63) is 35.9 Å². The van der Waals surface area contributed by atoms with Gasteiger partial charge in [0.15, 0.2) is 0 Å². The molecule has 0 aliphatic carbocycles. The van der Waals surface area contributed by atoms with Crippen LogP contribution in [-0.4, -0.2) is 12.6 Å². The average Bonchev–Trinajstić information content (AvgIpc) is 2.41. The predicted octanol–water partition coefficient (Wildman–Crippen LogP) is 4.13. The first kappa shape index (κ1) is 15.5. The fourth-order valence-corrected chi connectivity index (χ4v) is 1.82. The highest BCUT2D eigenvalue weighted by atomic mass is 16.5. The monoisotopic (exact) mass is 263 g/mol. The van der Waals surface area contributed by atoms with E-state index >= 15 is 0 Å². The molecule has 1 aromatic carbocycles. The number of amides is 1. The number of benzene rings is 1. The van der Waals surface area contributed by atoms with E-state index in [9.17, 15) is 4.79 Å². The molecule has 1 amide bonds. The molecule has 0 aliphatic rings. The van der Waals surface area contributed by atoms with Gasteiger partial charge in [-0.05, 0) is 17.9 Å². The summed E-state index contributed by atoms with van der Waals surface area (Å²) < 4.78 is 5.12. The Hall–Kier alpha value is -1.51. The normalized spacial score (nSPS) is 10.5. The van der Waals surface area contributed by atoms with Crippen LogP contribution >= 0.6 is 0 Å². The zero-order valence-electron chi connectivity index (χ0n) is 12.0. The van der Waals surface area contributed by atoms with Gasteiger partial charge in [-0.1, -0.05) is 63.4 Å². The molecule has 0 aromatic heterocycles. The fraction of sp³-hybridized carbons (Fsp3) is 0.562. The summed E-state index contributed by atoms with van der Waals surface area (Å²) in [4.78, 5) is 11.4. The van der Waals surface area contributed by atoms with Crippen LogP contribution < -0.4 is 5.32 Å². The second kappa shape index (κ2) is 9.42. The molecule has 0 radical (unpaired) electrons. The first-order chi connectivity index (χ1) is 9.18. The Morgan fingerprint density at radius 2 is 1.89 bits per heavy atom. The lowest BCUT2D eigenvalue weighted by molar-refractivity contribution is 0.139. The Labute approximate surface area is 116 Å². The smallest absolute Gasteiger partial charge is 0.407 e. The van der Waals surface area contributed by atoms with Crippen molar-refractivity contribution < 1.29 is 9.53 Å². The molecule has 0 atom stereocenters. The highest BCUT2D eigenvalue weighted by Crippen LogP contribution is 2.07. The Kier molecular flexibility index (Phi) is 7.71. The van der Waals surface area contributed by atoms with Crippen LogP contribution in [0.15, 0.2) is 30.3 Å². The molecule has 1 aromatic rings. The molecule has 3 heteroatoms. The highest BCUT2D eigenvalue weighted by Gasteiger charge is 2.01. The van der Waals surface area contributed by atoms with Crippen molar-refractivity contribution in [2.24, 2.45) is 5.92 Å². The highest BCUT2D eigenvalue weighted by molar-refractivity contribution is 5.67. The van der Waals surface area contributed by atoms with Gasteiger partial charge in [0.05, 0.1) is 0 Å². The minimum absolute atomic E-state index is 0.326. The molecule has 0 fully saturated rings. The van der Waals surface area contributed by atoms with Crippen LogP contribution in [0.4, 0.5) is 4.79 Å². The first-order valence-corrected chi connectivity index (χ1v) is 7.13. The first-order valence-electron chi connectivity index (χ1n) is 7.13. The Bertz CT molecular complexity index is 349. The molecule has 0 spiro atoms. The fourth-order valence-electron chi connectivity index (χ4n) is 1.82. The standard InChI is InChI=1S/C16H25NO2/c1-14(2)9-5-4-8-12-17-16(18)19-13-15-10-6-3-7-11-15/h3,6-7,10-11,14H,4-5,8-9,12-13H2,1-2H3,(H,17,18). The van der Waals surface area contributed by atoms with Crippen LogP contribution in [-0.2, 0) is 11.3 Å². The second-order valence-corrected chi connectivity index (χ2v) is 5.23. The molecule has 0 heterocycles. The van der Waals surface area contributed by atoms with Crippen LogP contribution in [0, 0.1) is 5.92 Å². The van der Waals surface area contributed by atoms with Gasteiger partial charge in [-0.25, -0.2) is 4.79 Å². The quantitative estimate of drug-likeness (QED) is 0.716. The maximum atomic E-state index is 11.4. The number of nitrogens with one attached hydrogen (secondary N) is 1. The van der Waals surface area contributed by atoms with Crippen LogP contribution in [0.5, 0.6) is 0 Å².